The van der Waals surface area contributed by atoms with Crippen LogP contribution >= 0.6 is 0 Å². The lowest BCUT2D eigenvalue weighted by Gasteiger charge is -2.16. The minimum absolute atomic E-state index is 0.352. The van der Waals surface area contributed by atoms with Crippen molar-refractivity contribution in [1.82, 2.24) is 4.90 Å². The smallest absolute Gasteiger partial charge is 0.335 e. The molecule has 0 atom stereocenters. The molecule has 0 fully saturated rings. The highest BCUT2D eigenvalue weighted by Gasteiger charge is 2.05. The standard InChI is InChI=1S/C18H21NO2/c1-19(12-6-10-15-7-3-2-4-8-15)14-16-9-5-11-17(13-16)18(20)21/h2-5,7-9,11,13H,6,10,12,14H2,1H3,(H,20,21). The molecule has 0 unspecified atom stereocenters. The number of nitrogens with zero attached hydrogens (tertiary/aromatic N) is 1. The van der Waals surface area contributed by atoms with Crippen LogP contribution in [0.1, 0.15) is 27.9 Å². The molecular weight excluding hydrogens is 262 g/mol. The van der Waals surface area contributed by atoms with Crippen molar-refractivity contribution < 1.29 is 9.90 Å². The number of aromatic carboxylic acids is 1. The molecular formula is C18H21NO2. The van der Waals surface area contributed by atoms with Gasteiger partial charge in [-0.15, -0.1) is 0 Å². The molecule has 0 heterocycles. The van der Waals surface area contributed by atoms with Crippen molar-refractivity contribution in [3.8, 4) is 0 Å². The van der Waals surface area contributed by atoms with Gasteiger partial charge in [0, 0.05) is 6.54 Å². The molecule has 0 saturated heterocycles. The summed E-state index contributed by atoms with van der Waals surface area (Å²) in [6.45, 7) is 1.77. The van der Waals surface area contributed by atoms with Crippen molar-refractivity contribution >= 4 is 5.97 Å². The summed E-state index contributed by atoms with van der Waals surface area (Å²) in [5.41, 5.74) is 2.75. The van der Waals surface area contributed by atoms with Crippen LogP contribution in [0.5, 0.6) is 0 Å². The minimum atomic E-state index is -0.872. The first kappa shape index (κ1) is 15.3. The van der Waals surface area contributed by atoms with E-state index in [1.807, 2.05) is 12.1 Å². The third kappa shape index (κ3) is 5.04. The molecule has 0 aliphatic carbocycles. The summed E-state index contributed by atoms with van der Waals surface area (Å²) in [5.74, 6) is -0.872. The Morgan fingerprint density at radius 3 is 2.48 bits per heavy atom. The second kappa shape index (κ2) is 7.60. The first-order valence-electron chi connectivity index (χ1n) is 7.20. The number of benzene rings is 2. The fourth-order valence-electron chi connectivity index (χ4n) is 2.39. The van der Waals surface area contributed by atoms with Gasteiger partial charge in [0.2, 0.25) is 0 Å². The predicted molar refractivity (Wildman–Crippen MR) is 84.5 cm³/mol. The molecule has 2 aromatic rings. The van der Waals surface area contributed by atoms with Gasteiger partial charge >= 0.3 is 5.97 Å². The van der Waals surface area contributed by atoms with Crippen molar-refractivity contribution in [2.45, 2.75) is 19.4 Å². The molecule has 0 aromatic heterocycles. The van der Waals surface area contributed by atoms with Gasteiger partial charge in [-0.25, -0.2) is 4.79 Å². The highest BCUT2D eigenvalue weighted by atomic mass is 16.4. The van der Waals surface area contributed by atoms with Crippen molar-refractivity contribution in [3.05, 3.63) is 71.3 Å². The maximum absolute atomic E-state index is 11.0. The average Bonchev–Trinajstić information content (AvgIpc) is 2.48. The lowest BCUT2D eigenvalue weighted by molar-refractivity contribution is 0.0696. The molecule has 2 aromatic carbocycles. The van der Waals surface area contributed by atoms with Gasteiger partial charge in [-0.05, 0) is 49.7 Å². The zero-order valence-electron chi connectivity index (χ0n) is 12.3. The maximum Gasteiger partial charge on any atom is 0.335 e. The number of hydrogen-bond acceptors (Lipinski definition) is 2. The average molecular weight is 283 g/mol. The third-order valence-corrected chi connectivity index (χ3v) is 3.47. The van der Waals surface area contributed by atoms with E-state index in [2.05, 4.69) is 36.2 Å². The second-order valence-electron chi connectivity index (χ2n) is 5.33. The monoisotopic (exact) mass is 283 g/mol. The number of carbonyl (C=O) groups is 1. The van der Waals surface area contributed by atoms with E-state index in [0.29, 0.717) is 5.56 Å². The Kier molecular flexibility index (Phi) is 5.52. The first-order chi connectivity index (χ1) is 10.1. The Hall–Kier alpha value is -2.13. The molecule has 0 saturated carbocycles. The molecule has 2 rings (SSSR count). The van der Waals surface area contributed by atoms with Gasteiger partial charge in [0.25, 0.3) is 0 Å². The first-order valence-corrected chi connectivity index (χ1v) is 7.20. The Morgan fingerprint density at radius 1 is 1.05 bits per heavy atom. The van der Waals surface area contributed by atoms with Crippen LogP contribution in [-0.4, -0.2) is 29.6 Å². The van der Waals surface area contributed by atoms with E-state index in [1.54, 1.807) is 18.2 Å². The summed E-state index contributed by atoms with van der Waals surface area (Å²) in [7, 11) is 2.07. The Morgan fingerprint density at radius 2 is 1.76 bits per heavy atom. The molecule has 0 aliphatic heterocycles. The highest BCUT2D eigenvalue weighted by molar-refractivity contribution is 5.87. The van der Waals surface area contributed by atoms with E-state index >= 15 is 0 Å². The van der Waals surface area contributed by atoms with E-state index in [4.69, 9.17) is 5.11 Å². The topological polar surface area (TPSA) is 40.5 Å². The summed E-state index contributed by atoms with van der Waals surface area (Å²) in [6.07, 6.45) is 2.17. The Labute approximate surface area is 125 Å². The van der Waals surface area contributed by atoms with Crippen LogP contribution in [0.15, 0.2) is 54.6 Å². The van der Waals surface area contributed by atoms with Gasteiger partial charge in [-0.1, -0.05) is 42.5 Å². The molecule has 21 heavy (non-hydrogen) atoms. The van der Waals surface area contributed by atoms with Gasteiger partial charge in [0.1, 0.15) is 0 Å². The van der Waals surface area contributed by atoms with Crippen molar-refractivity contribution in [3.63, 3.8) is 0 Å². The molecule has 1 N–H and O–H groups in total. The van der Waals surface area contributed by atoms with E-state index in [9.17, 15) is 4.79 Å². The summed E-state index contributed by atoms with van der Waals surface area (Å²) in [6, 6.07) is 17.6. The summed E-state index contributed by atoms with van der Waals surface area (Å²) >= 11 is 0. The molecule has 0 radical (unpaired) electrons. The number of carboxylic acids is 1. The predicted octanol–water partition coefficient (Wildman–Crippen LogP) is 3.45. The number of aryl methyl sites for hydroxylation is 1. The van der Waals surface area contributed by atoms with E-state index in [-0.39, 0.29) is 0 Å². The van der Waals surface area contributed by atoms with Crippen LogP contribution in [-0.2, 0) is 13.0 Å². The second-order valence-corrected chi connectivity index (χ2v) is 5.33. The highest BCUT2D eigenvalue weighted by Crippen LogP contribution is 2.09. The van der Waals surface area contributed by atoms with Gasteiger partial charge in [0.05, 0.1) is 5.56 Å². The van der Waals surface area contributed by atoms with Crippen molar-refractivity contribution in [1.29, 1.82) is 0 Å². The number of hydrogen-bond donors (Lipinski definition) is 1. The van der Waals surface area contributed by atoms with Gasteiger partial charge < -0.3 is 10.0 Å². The molecule has 3 nitrogen and oxygen atoms in total. The van der Waals surface area contributed by atoms with Crippen LogP contribution in [0.3, 0.4) is 0 Å². The normalized spacial score (nSPS) is 10.8. The Bertz CT molecular complexity index is 581. The Balaban J connectivity index is 1.80. The summed E-state index contributed by atoms with van der Waals surface area (Å²) in [5, 5.41) is 9.00. The third-order valence-electron chi connectivity index (χ3n) is 3.47. The summed E-state index contributed by atoms with van der Waals surface area (Å²) < 4.78 is 0. The fraction of sp³-hybridized carbons (Fsp3) is 0.278. The molecule has 0 bridgehead atoms. The zero-order valence-corrected chi connectivity index (χ0v) is 12.3. The molecule has 110 valence electrons. The van der Waals surface area contributed by atoms with Crippen molar-refractivity contribution in [2.75, 3.05) is 13.6 Å². The van der Waals surface area contributed by atoms with Gasteiger partial charge in [-0.3, -0.25) is 0 Å². The van der Waals surface area contributed by atoms with Crippen LogP contribution in [0.25, 0.3) is 0 Å². The van der Waals surface area contributed by atoms with E-state index in [0.717, 1.165) is 31.5 Å². The van der Waals surface area contributed by atoms with Crippen LogP contribution in [0.2, 0.25) is 0 Å². The number of rotatable bonds is 7. The molecule has 0 spiro atoms. The number of carboxylic acid groups (broad SMARTS) is 1. The summed E-state index contributed by atoms with van der Waals surface area (Å²) in [4.78, 5) is 13.2. The van der Waals surface area contributed by atoms with E-state index < -0.39 is 5.97 Å². The molecule has 0 aliphatic rings. The van der Waals surface area contributed by atoms with Crippen LogP contribution < -0.4 is 0 Å². The van der Waals surface area contributed by atoms with E-state index in [1.165, 1.54) is 5.56 Å². The van der Waals surface area contributed by atoms with Gasteiger partial charge in [-0.2, -0.15) is 0 Å². The molecule has 3 heteroatoms. The quantitative estimate of drug-likeness (QED) is 0.846. The fourth-order valence-corrected chi connectivity index (χ4v) is 2.39. The lowest BCUT2D eigenvalue weighted by Crippen LogP contribution is -2.19. The SMILES string of the molecule is CN(CCCc1ccccc1)Cc1cccc(C(=O)O)c1. The van der Waals surface area contributed by atoms with Crippen LogP contribution in [0.4, 0.5) is 0 Å². The van der Waals surface area contributed by atoms with Crippen molar-refractivity contribution in [2.24, 2.45) is 0 Å². The minimum Gasteiger partial charge on any atom is -0.478 e. The lowest BCUT2D eigenvalue weighted by atomic mass is 10.1. The largest absolute Gasteiger partial charge is 0.478 e. The van der Waals surface area contributed by atoms with Crippen LogP contribution in [0, 0.1) is 0 Å². The zero-order chi connectivity index (χ0) is 15.1. The van der Waals surface area contributed by atoms with Gasteiger partial charge in [0.15, 0.2) is 0 Å². The maximum atomic E-state index is 11.0. The molecule has 0 amide bonds.